The van der Waals surface area contributed by atoms with Crippen LogP contribution in [0.25, 0.3) is 10.8 Å². The molecule has 0 aromatic heterocycles. The van der Waals surface area contributed by atoms with Crippen molar-refractivity contribution in [1.82, 2.24) is 10.2 Å². The first-order chi connectivity index (χ1) is 16.4. The molecule has 6 heteroatoms. The van der Waals surface area contributed by atoms with Gasteiger partial charge in [0.15, 0.2) is 0 Å². The van der Waals surface area contributed by atoms with Crippen molar-refractivity contribution in [2.24, 2.45) is 0 Å². The molecule has 1 atom stereocenters. The Labute approximate surface area is 200 Å². The van der Waals surface area contributed by atoms with Gasteiger partial charge in [-0.2, -0.15) is 0 Å². The molecule has 1 aliphatic heterocycles. The van der Waals surface area contributed by atoms with Crippen molar-refractivity contribution in [1.29, 1.82) is 0 Å². The number of carbonyl (C=O) groups excluding carboxylic acids is 3. The van der Waals surface area contributed by atoms with Crippen molar-refractivity contribution in [2.75, 3.05) is 18.0 Å². The van der Waals surface area contributed by atoms with E-state index >= 15 is 0 Å². The second kappa shape index (κ2) is 10.1. The molecule has 1 heterocycles. The van der Waals surface area contributed by atoms with Gasteiger partial charge in [-0.15, -0.1) is 0 Å². The standard InChI is InChI=1S/C28H31N3O3/c1-4-23(27(33)29-19(2)3)30(17-16-20-10-6-5-7-11-20)25(32)18-31-24-15-9-13-21-12-8-14-22(26(21)24)28(31)34/h5-15,19,23H,4,16-18H2,1-3H3,(H,29,33). The highest BCUT2D eigenvalue weighted by Crippen LogP contribution is 2.37. The molecule has 0 spiro atoms. The zero-order chi connectivity index (χ0) is 24.2. The van der Waals surface area contributed by atoms with Gasteiger partial charge in [0.25, 0.3) is 5.91 Å². The van der Waals surface area contributed by atoms with E-state index in [-0.39, 0.29) is 30.3 Å². The monoisotopic (exact) mass is 457 g/mol. The Morgan fingerprint density at radius 3 is 2.35 bits per heavy atom. The van der Waals surface area contributed by atoms with E-state index in [1.165, 1.54) is 0 Å². The SMILES string of the molecule is CCC(C(=O)NC(C)C)N(CCc1ccccc1)C(=O)CN1C(=O)c2cccc3cccc1c23. The third-order valence-corrected chi connectivity index (χ3v) is 6.24. The lowest BCUT2D eigenvalue weighted by Crippen LogP contribution is -2.53. The van der Waals surface area contributed by atoms with E-state index in [9.17, 15) is 14.4 Å². The predicted octanol–water partition coefficient (Wildman–Crippen LogP) is 4.17. The van der Waals surface area contributed by atoms with Crippen molar-refractivity contribution < 1.29 is 14.4 Å². The zero-order valence-corrected chi connectivity index (χ0v) is 20.0. The molecule has 6 nitrogen and oxygen atoms in total. The number of benzene rings is 3. The van der Waals surface area contributed by atoms with Crippen LogP contribution in [0.4, 0.5) is 5.69 Å². The van der Waals surface area contributed by atoms with Gasteiger partial charge in [0.1, 0.15) is 12.6 Å². The van der Waals surface area contributed by atoms with Gasteiger partial charge in [-0.3, -0.25) is 19.3 Å². The molecule has 0 saturated carbocycles. The van der Waals surface area contributed by atoms with E-state index in [0.29, 0.717) is 24.9 Å². The van der Waals surface area contributed by atoms with Crippen LogP contribution < -0.4 is 10.2 Å². The summed E-state index contributed by atoms with van der Waals surface area (Å²) in [5, 5.41) is 4.80. The minimum Gasteiger partial charge on any atom is -0.352 e. The normalized spacial score (nSPS) is 13.4. The predicted molar refractivity (Wildman–Crippen MR) is 135 cm³/mol. The molecule has 1 aliphatic rings. The lowest BCUT2D eigenvalue weighted by molar-refractivity contribution is -0.139. The van der Waals surface area contributed by atoms with Crippen LogP contribution in [0.5, 0.6) is 0 Å². The summed E-state index contributed by atoms with van der Waals surface area (Å²) in [5.74, 6) is -0.584. The summed E-state index contributed by atoms with van der Waals surface area (Å²) < 4.78 is 0. The maximum atomic E-state index is 13.7. The lowest BCUT2D eigenvalue weighted by Gasteiger charge is -2.32. The first-order valence-corrected chi connectivity index (χ1v) is 11.9. The third-order valence-electron chi connectivity index (χ3n) is 6.24. The Morgan fingerprint density at radius 1 is 0.971 bits per heavy atom. The summed E-state index contributed by atoms with van der Waals surface area (Å²) in [6, 6.07) is 20.7. The summed E-state index contributed by atoms with van der Waals surface area (Å²) in [5.41, 5.74) is 2.45. The lowest BCUT2D eigenvalue weighted by atomic mass is 10.1. The summed E-state index contributed by atoms with van der Waals surface area (Å²) in [7, 11) is 0. The number of nitrogens with zero attached hydrogens (tertiary/aromatic N) is 2. The number of hydrogen-bond donors (Lipinski definition) is 1. The van der Waals surface area contributed by atoms with Crippen molar-refractivity contribution in [3.05, 3.63) is 77.9 Å². The van der Waals surface area contributed by atoms with E-state index < -0.39 is 6.04 Å². The fourth-order valence-electron chi connectivity index (χ4n) is 4.64. The summed E-state index contributed by atoms with van der Waals surface area (Å²) in [6.07, 6.45) is 1.12. The summed E-state index contributed by atoms with van der Waals surface area (Å²) in [4.78, 5) is 43.1. The Morgan fingerprint density at radius 2 is 1.68 bits per heavy atom. The fraction of sp³-hybridized carbons (Fsp3) is 0.321. The molecule has 0 bridgehead atoms. The molecule has 1 unspecified atom stereocenters. The minimum absolute atomic E-state index is 0.0279. The van der Waals surface area contributed by atoms with Gasteiger partial charge in [-0.1, -0.05) is 61.5 Å². The van der Waals surface area contributed by atoms with E-state index in [2.05, 4.69) is 5.32 Å². The Balaban J connectivity index is 1.60. The van der Waals surface area contributed by atoms with Gasteiger partial charge in [-0.05, 0) is 49.8 Å². The summed E-state index contributed by atoms with van der Waals surface area (Å²) >= 11 is 0. The van der Waals surface area contributed by atoms with Gasteiger partial charge in [-0.25, -0.2) is 0 Å². The van der Waals surface area contributed by atoms with Crippen molar-refractivity contribution >= 4 is 34.2 Å². The zero-order valence-electron chi connectivity index (χ0n) is 20.0. The van der Waals surface area contributed by atoms with E-state index in [1.807, 2.05) is 81.4 Å². The smallest absolute Gasteiger partial charge is 0.259 e. The van der Waals surface area contributed by atoms with Crippen molar-refractivity contribution in [2.45, 2.75) is 45.7 Å². The van der Waals surface area contributed by atoms with Gasteiger partial charge in [0.2, 0.25) is 11.8 Å². The Kier molecular flexibility index (Phi) is 6.96. The molecule has 3 aromatic carbocycles. The fourth-order valence-corrected chi connectivity index (χ4v) is 4.64. The largest absolute Gasteiger partial charge is 0.352 e. The first kappa shape index (κ1) is 23.5. The molecular weight excluding hydrogens is 426 g/mol. The van der Waals surface area contributed by atoms with Crippen molar-refractivity contribution in [3.8, 4) is 0 Å². The molecule has 4 rings (SSSR count). The van der Waals surface area contributed by atoms with Gasteiger partial charge < -0.3 is 10.2 Å². The second-order valence-electron chi connectivity index (χ2n) is 8.98. The van der Waals surface area contributed by atoms with Crippen molar-refractivity contribution in [3.63, 3.8) is 0 Å². The molecule has 3 aromatic rings. The molecule has 0 radical (unpaired) electrons. The van der Waals surface area contributed by atoms with Crippen LogP contribution in [-0.4, -0.2) is 47.8 Å². The van der Waals surface area contributed by atoms with Crippen LogP contribution in [-0.2, 0) is 16.0 Å². The molecule has 0 saturated heterocycles. The number of carbonyl (C=O) groups is 3. The van der Waals surface area contributed by atoms with Crippen LogP contribution in [0, 0.1) is 0 Å². The van der Waals surface area contributed by atoms with E-state index in [4.69, 9.17) is 0 Å². The van der Waals surface area contributed by atoms with Gasteiger partial charge >= 0.3 is 0 Å². The number of anilines is 1. The average molecular weight is 458 g/mol. The van der Waals surface area contributed by atoms with Crippen LogP contribution in [0.15, 0.2) is 66.7 Å². The number of rotatable bonds is 9. The Bertz CT molecular complexity index is 1200. The van der Waals surface area contributed by atoms with E-state index in [0.717, 1.165) is 22.0 Å². The maximum absolute atomic E-state index is 13.7. The third kappa shape index (κ3) is 4.67. The van der Waals surface area contributed by atoms with Crippen LogP contribution in [0.1, 0.15) is 43.1 Å². The van der Waals surface area contributed by atoms with Crippen LogP contribution in [0.3, 0.4) is 0 Å². The quantitative estimate of drug-likeness (QED) is 0.524. The molecule has 0 fully saturated rings. The Hall–Kier alpha value is -3.67. The van der Waals surface area contributed by atoms with Crippen LogP contribution in [0.2, 0.25) is 0 Å². The first-order valence-electron chi connectivity index (χ1n) is 11.9. The molecule has 1 N–H and O–H groups in total. The summed E-state index contributed by atoms with van der Waals surface area (Å²) in [6.45, 7) is 6.01. The number of hydrogen-bond acceptors (Lipinski definition) is 3. The molecule has 0 aliphatic carbocycles. The minimum atomic E-state index is -0.602. The second-order valence-corrected chi connectivity index (χ2v) is 8.98. The molecule has 3 amide bonds. The average Bonchev–Trinajstić information content (AvgIpc) is 3.09. The highest BCUT2D eigenvalue weighted by atomic mass is 16.2. The molecular formula is C28H31N3O3. The highest BCUT2D eigenvalue weighted by Gasteiger charge is 2.35. The number of nitrogens with one attached hydrogen (secondary N) is 1. The maximum Gasteiger partial charge on any atom is 0.259 e. The highest BCUT2D eigenvalue weighted by molar-refractivity contribution is 6.26. The topological polar surface area (TPSA) is 69.7 Å². The van der Waals surface area contributed by atoms with Gasteiger partial charge in [0.05, 0.1) is 5.69 Å². The molecule has 34 heavy (non-hydrogen) atoms. The van der Waals surface area contributed by atoms with Gasteiger partial charge in [0, 0.05) is 23.5 Å². The van der Waals surface area contributed by atoms with E-state index in [1.54, 1.807) is 15.9 Å². The molecule has 176 valence electrons. The van der Waals surface area contributed by atoms with Crippen LogP contribution >= 0.6 is 0 Å². The number of amides is 3.